The van der Waals surface area contributed by atoms with E-state index in [9.17, 15) is 9.59 Å². The van der Waals surface area contributed by atoms with Gasteiger partial charge in [-0.25, -0.2) is 4.79 Å². The summed E-state index contributed by atoms with van der Waals surface area (Å²) in [6.07, 6.45) is 4.67. The maximum atomic E-state index is 12.7. The van der Waals surface area contributed by atoms with E-state index in [0.29, 0.717) is 38.3 Å². The van der Waals surface area contributed by atoms with Crippen LogP contribution in [0.15, 0.2) is 36.7 Å². The van der Waals surface area contributed by atoms with E-state index in [1.807, 2.05) is 29.1 Å². The summed E-state index contributed by atoms with van der Waals surface area (Å²) in [6, 6.07) is 7.19. The van der Waals surface area contributed by atoms with Crippen LogP contribution in [0.3, 0.4) is 0 Å². The zero-order chi connectivity index (χ0) is 17.9. The van der Waals surface area contributed by atoms with Gasteiger partial charge in [-0.05, 0) is 36.2 Å². The summed E-state index contributed by atoms with van der Waals surface area (Å²) in [4.78, 5) is 25.9. The molecule has 0 aliphatic carbocycles. The molecule has 3 amide bonds. The van der Waals surface area contributed by atoms with Gasteiger partial charge in [0, 0.05) is 36.9 Å². The number of anilines is 2. The number of nitrogens with zero attached hydrogens (tertiary/aromatic N) is 3. The lowest BCUT2D eigenvalue weighted by molar-refractivity contribution is -0.115. The van der Waals surface area contributed by atoms with Gasteiger partial charge in [-0.15, -0.1) is 0 Å². The predicted molar refractivity (Wildman–Crippen MR) is 96.0 cm³/mol. The van der Waals surface area contributed by atoms with Crippen LogP contribution in [-0.4, -0.2) is 52.4 Å². The van der Waals surface area contributed by atoms with E-state index in [-0.39, 0.29) is 18.0 Å². The Kier molecular flexibility index (Phi) is 4.57. The van der Waals surface area contributed by atoms with Crippen molar-refractivity contribution in [1.29, 1.82) is 0 Å². The zero-order valence-electron chi connectivity index (χ0n) is 14.4. The van der Waals surface area contributed by atoms with Gasteiger partial charge >= 0.3 is 6.03 Å². The van der Waals surface area contributed by atoms with E-state index >= 15 is 0 Å². The molecule has 0 radical (unpaired) electrons. The Morgan fingerprint density at radius 3 is 3.19 bits per heavy atom. The largest absolute Gasteiger partial charge is 0.374 e. The molecule has 2 N–H and O–H groups in total. The summed E-state index contributed by atoms with van der Waals surface area (Å²) >= 11 is 0. The van der Waals surface area contributed by atoms with E-state index in [2.05, 4.69) is 15.7 Å². The van der Waals surface area contributed by atoms with Crippen LogP contribution in [0.5, 0.6) is 0 Å². The number of hydrogen-bond donors (Lipinski definition) is 2. The molecule has 136 valence electrons. The number of fused-ring (bicyclic) bond motifs is 1. The van der Waals surface area contributed by atoms with Gasteiger partial charge in [-0.3, -0.25) is 9.48 Å². The van der Waals surface area contributed by atoms with Crippen molar-refractivity contribution in [3.05, 3.63) is 42.2 Å². The maximum Gasteiger partial charge on any atom is 0.321 e. The zero-order valence-corrected chi connectivity index (χ0v) is 14.4. The van der Waals surface area contributed by atoms with Crippen LogP contribution in [0.1, 0.15) is 12.0 Å². The van der Waals surface area contributed by atoms with E-state index in [1.54, 1.807) is 17.2 Å². The third-order valence-corrected chi connectivity index (χ3v) is 4.57. The predicted octanol–water partition coefficient (Wildman–Crippen LogP) is 1.70. The lowest BCUT2D eigenvalue weighted by atomic mass is 10.1. The minimum atomic E-state index is -0.154. The number of carbonyl (C=O) groups is 2. The number of benzene rings is 1. The Bertz CT molecular complexity index is 805. The second kappa shape index (κ2) is 7.17. The van der Waals surface area contributed by atoms with E-state index in [4.69, 9.17) is 4.74 Å². The third kappa shape index (κ3) is 3.70. The Balaban J connectivity index is 1.40. The van der Waals surface area contributed by atoms with Crippen LogP contribution in [0.2, 0.25) is 0 Å². The summed E-state index contributed by atoms with van der Waals surface area (Å²) in [5.74, 6) is -0.0189. The fourth-order valence-corrected chi connectivity index (χ4v) is 3.32. The molecule has 1 aromatic carbocycles. The summed E-state index contributed by atoms with van der Waals surface area (Å²) in [6.45, 7) is 2.40. The molecule has 1 aromatic heterocycles. The quantitative estimate of drug-likeness (QED) is 0.877. The number of urea groups is 1. The van der Waals surface area contributed by atoms with Gasteiger partial charge in [0.15, 0.2) is 0 Å². The highest BCUT2D eigenvalue weighted by molar-refractivity contribution is 6.00. The molecule has 0 spiro atoms. The molecule has 8 nitrogen and oxygen atoms in total. The van der Waals surface area contributed by atoms with Crippen molar-refractivity contribution < 1.29 is 14.3 Å². The van der Waals surface area contributed by atoms with Crippen LogP contribution in [0.4, 0.5) is 16.2 Å². The van der Waals surface area contributed by atoms with Crippen molar-refractivity contribution in [2.24, 2.45) is 0 Å². The van der Waals surface area contributed by atoms with Gasteiger partial charge in [0.05, 0.1) is 25.6 Å². The van der Waals surface area contributed by atoms with Gasteiger partial charge in [0.2, 0.25) is 5.91 Å². The minimum absolute atomic E-state index is 0.0189. The third-order valence-electron chi connectivity index (χ3n) is 4.57. The monoisotopic (exact) mass is 355 g/mol. The lowest BCUT2D eigenvalue weighted by Crippen LogP contribution is -2.41. The summed E-state index contributed by atoms with van der Waals surface area (Å²) in [7, 11) is 0. The van der Waals surface area contributed by atoms with Gasteiger partial charge < -0.3 is 20.3 Å². The SMILES string of the molecule is O=C1Cc2cc(NC(=O)N3CCCOC(Cn4cccn4)C3)ccc2N1. The molecule has 2 aliphatic rings. The van der Waals surface area contributed by atoms with Crippen LogP contribution < -0.4 is 10.6 Å². The van der Waals surface area contributed by atoms with Crippen LogP contribution in [-0.2, 0) is 22.5 Å². The average Bonchev–Trinajstić information content (AvgIpc) is 3.18. The fourth-order valence-electron chi connectivity index (χ4n) is 3.32. The molecule has 2 aliphatic heterocycles. The van der Waals surface area contributed by atoms with Crippen molar-refractivity contribution in [3.8, 4) is 0 Å². The number of aromatic nitrogens is 2. The Hall–Kier alpha value is -2.87. The molecular formula is C18H21N5O3. The van der Waals surface area contributed by atoms with Crippen molar-refractivity contribution >= 4 is 23.3 Å². The molecule has 8 heteroatoms. The van der Waals surface area contributed by atoms with Crippen molar-refractivity contribution in [1.82, 2.24) is 14.7 Å². The number of hydrogen-bond acceptors (Lipinski definition) is 4. The smallest absolute Gasteiger partial charge is 0.321 e. The van der Waals surface area contributed by atoms with E-state index in [1.165, 1.54) is 0 Å². The van der Waals surface area contributed by atoms with E-state index < -0.39 is 0 Å². The number of rotatable bonds is 3. The second-order valence-electron chi connectivity index (χ2n) is 6.55. The molecule has 1 fully saturated rings. The van der Waals surface area contributed by atoms with Gasteiger partial charge in [0.25, 0.3) is 0 Å². The van der Waals surface area contributed by atoms with Crippen LogP contribution >= 0.6 is 0 Å². The minimum Gasteiger partial charge on any atom is -0.374 e. The van der Waals surface area contributed by atoms with Gasteiger partial charge in [-0.2, -0.15) is 5.10 Å². The normalized spacial score (nSPS) is 19.6. The van der Waals surface area contributed by atoms with Crippen LogP contribution in [0, 0.1) is 0 Å². The average molecular weight is 355 g/mol. The highest BCUT2D eigenvalue weighted by atomic mass is 16.5. The molecule has 1 atom stereocenters. The maximum absolute atomic E-state index is 12.7. The van der Waals surface area contributed by atoms with Crippen molar-refractivity contribution in [2.75, 3.05) is 30.3 Å². The fraction of sp³-hybridized carbons (Fsp3) is 0.389. The highest BCUT2D eigenvalue weighted by Gasteiger charge is 2.24. The molecule has 4 rings (SSSR count). The molecule has 0 saturated carbocycles. The summed E-state index contributed by atoms with van der Waals surface area (Å²) < 4.78 is 7.67. The van der Waals surface area contributed by atoms with E-state index in [0.717, 1.165) is 17.7 Å². The summed E-state index contributed by atoms with van der Waals surface area (Å²) in [5.41, 5.74) is 2.41. The second-order valence-corrected chi connectivity index (χ2v) is 6.55. The number of nitrogens with one attached hydrogen (secondary N) is 2. The molecule has 3 heterocycles. The molecular weight excluding hydrogens is 334 g/mol. The number of carbonyl (C=O) groups excluding carboxylic acids is 2. The first-order valence-corrected chi connectivity index (χ1v) is 8.75. The van der Waals surface area contributed by atoms with Crippen molar-refractivity contribution in [3.63, 3.8) is 0 Å². The Morgan fingerprint density at radius 2 is 2.35 bits per heavy atom. The lowest BCUT2D eigenvalue weighted by Gasteiger charge is -2.24. The molecule has 0 bridgehead atoms. The Labute approximate surface area is 151 Å². The molecule has 26 heavy (non-hydrogen) atoms. The first-order valence-electron chi connectivity index (χ1n) is 8.75. The molecule has 1 saturated heterocycles. The van der Waals surface area contributed by atoms with Crippen molar-refractivity contribution in [2.45, 2.75) is 25.5 Å². The van der Waals surface area contributed by atoms with Gasteiger partial charge in [0.1, 0.15) is 0 Å². The van der Waals surface area contributed by atoms with Gasteiger partial charge in [-0.1, -0.05) is 0 Å². The first kappa shape index (κ1) is 16.6. The highest BCUT2D eigenvalue weighted by Crippen LogP contribution is 2.26. The topological polar surface area (TPSA) is 88.5 Å². The number of amides is 3. The Morgan fingerprint density at radius 1 is 1.42 bits per heavy atom. The standard InChI is InChI=1S/C18H21N5O3/c24-17-10-13-9-14(3-4-16(13)21-17)20-18(25)22-6-2-8-26-15(11-22)12-23-7-1-5-19-23/h1,3-5,7,9,15H,2,6,8,10-12H2,(H,20,25)(H,21,24). The molecule has 1 unspecified atom stereocenters. The van der Waals surface area contributed by atoms with Crippen LogP contribution in [0.25, 0.3) is 0 Å². The summed E-state index contributed by atoms with van der Waals surface area (Å²) in [5, 5.41) is 9.92. The first-order chi connectivity index (χ1) is 12.7. The number of ether oxygens (including phenoxy) is 1. The molecule has 2 aromatic rings.